The van der Waals surface area contributed by atoms with Crippen molar-refractivity contribution in [3.63, 3.8) is 0 Å². The molecule has 3 rings (SSSR count). The third-order valence-corrected chi connectivity index (χ3v) is 5.77. The Balaban J connectivity index is 2.00. The number of nitrogens with zero attached hydrogens (tertiary/aromatic N) is 1. The molecule has 0 atom stereocenters. The molecule has 7 heteroatoms. The van der Waals surface area contributed by atoms with Crippen LogP contribution >= 0.6 is 11.9 Å². The first-order chi connectivity index (χ1) is 16.0. The third-order valence-electron chi connectivity index (χ3n) is 4.74. The second-order valence-electron chi connectivity index (χ2n) is 6.91. The second-order valence-corrected chi connectivity index (χ2v) is 8.01. The topological polar surface area (TPSA) is 65.1 Å². The highest BCUT2D eigenvalue weighted by Crippen LogP contribution is 2.36. The molecular formula is C26H27NO5S. The molecule has 6 nitrogen and oxygen atoms in total. The molecule has 0 aliphatic heterocycles. The van der Waals surface area contributed by atoms with Crippen LogP contribution in [0.4, 0.5) is 5.69 Å². The maximum Gasteiger partial charge on any atom is 0.330 e. The van der Waals surface area contributed by atoms with E-state index in [1.165, 1.54) is 18.0 Å². The lowest BCUT2D eigenvalue weighted by molar-refractivity contribution is -0.141. The Bertz CT molecular complexity index is 1130. The van der Waals surface area contributed by atoms with Gasteiger partial charge in [-0.1, -0.05) is 30.3 Å². The summed E-state index contributed by atoms with van der Waals surface area (Å²) in [6, 6.07) is 19.4. The molecule has 0 amide bonds. The monoisotopic (exact) mass is 465 g/mol. The quantitative estimate of drug-likeness (QED) is 0.222. The number of esters is 2. The molecule has 0 aliphatic rings. The Morgan fingerprint density at radius 3 is 2.27 bits per heavy atom. The molecule has 0 radical (unpaired) electrons. The summed E-state index contributed by atoms with van der Waals surface area (Å²) in [4.78, 5) is 25.1. The first-order valence-electron chi connectivity index (χ1n) is 10.7. The smallest absolute Gasteiger partial charge is 0.330 e. The molecule has 0 fully saturated rings. The number of anilines is 1. The zero-order valence-electron chi connectivity index (χ0n) is 18.9. The molecule has 0 bridgehead atoms. The van der Waals surface area contributed by atoms with Crippen molar-refractivity contribution >= 4 is 46.4 Å². The molecule has 0 saturated heterocycles. The van der Waals surface area contributed by atoms with Crippen LogP contribution in [-0.2, 0) is 19.1 Å². The van der Waals surface area contributed by atoms with E-state index in [0.29, 0.717) is 13.2 Å². The Morgan fingerprint density at radius 1 is 0.909 bits per heavy atom. The predicted molar refractivity (Wildman–Crippen MR) is 132 cm³/mol. The highest BCUT2D eigenvalue weighted by molar-refractivity contribution is 8.00. The lowest BCUT2D eigenvalue weighted by Crippen LogP contribution is -2.25. The van der Waals surface area contributed by atoms with E-state index in [1.807, 2.05) is 65.0 Å². The Kier molecular flexibility index (Phi) is 8.78. The van der Waals surface area contributed by atoms with Crippen molar-refractivity contribution in [2.45, 2.75) is 18.7 Å². The van der Waals surface area contributed by atoms with E-state index >= 15 is 0 Å². The van der Waals surface area contributed by atoms with E-state index in [4.69, 9.17) is 14.2 Å². The number of carbonyl (C=O) groups is 2. The largest absolute Gasteiger partial charge is 0.497 e. The average Bonchev–Trinajstić information content (AvgIpc) is 2.83. The summed E-state index contributed by atoms with van der Waals surface area (Å²) in [7, 11) is 1.62. The van der Waals surface area contributed by atoms with E-state index in [9.17, 15) is 9.59 Å². The van der Waals surface area contributed by atoms with E-state index in [0.717, 1.165) is 32.7 Å². The number of hydrogen-bond acceptors (Lipinski definition) is 7. The number of ether oxygens (including phenoxy) is 3. The summed E-state index contributed by atoms with van der Waals surface area (Å²) >= 11 is 1.45. The maximum absolute atomic E-state index is 12.4. The molecule has 3 aromatic carbocycles. The summed E-state index contributed by atoms with van der Waals surface area (Å²) in [5.74, 6) is 0.0676. The van der Waals surface area contributed by atoms with Gasteiger partial charge < -0.3 is 18.5 Å². The first kappa shape index (κ1) is 24.2. The summed E-state index contributed by atoms with van der Waals surface area (Å²) in [6.45, 7) is 4.28. The van der Waals surface area contributed by atoms with Gasteiger partial charge >= 0.3 is 11.9 Å². The Morgan fingerprint density at radius 2 is 1.61 bits per heavy atom. The van der Waals surface area contributed by atoms with Crippen LogP contribution in [0.2, 0.25) is 0 Å². The minimum Gasteiger partial charge on any atom is -0.497 e. The summed E-state index contributed by atoms with van der Waals surface area (Å²) in [5.41, 5.74) is 1.75. The minimum absolute atomic E-state index is 0.0759. The van der Waals surface area contributed by atoms with Gasteiger partial charge in [-0.25, -0.2) is 4.79 Å². The zero-order chi connectivity index (χ0) is 23.6. The molecular weight excluding hydrogens is 438 g/mol. The van der Waals surface area contributed by atoms with Gasteiger partial charge in [0, 0.05) is 16.4 Å². The number of rotatable bonds is 10. The van der Waals surface area contributed by atoms with Gasteiger partial charge in [-0.05, 0) is 73.2 Å². The molecule has 0 N–H and O–H groups in total. The Labute approximate surface area is 198 Å². The lowest BCUT2D eigenvalue weighted by Gasteiger charge is -2.24. The number of fused-ring (bicyclic) bond motifs is 1. The molecule has 3 aromatic rings. The maximum atomic E-state index is 12.4. The van der Waals surface area contributed by atoms with E-state index in [2.05, 4.69) is 0 Å². The fourth-order valence-corrected chi connectivity index (χ4v) is 4.21. The molecule has 0 spiro atoms. The minimum atomic E-state index is -0.385. The molecule has 0 unspecified atom stereocenters. The fraction of sp³-hybridized carbons (Fsp3) is 0.231. The summed E-state index contributed by atoms with van der Waals surface area (Å²) in [6.07, 6.45) is 3.17. The van der Waals surface area contributed by atoms with Gasteiger partial charge in [-0.3, -0.25) is 4.79 Å². The summed E-state index contributed by atoms with van der Waals surface area (Å²) in [5, 5.41) is 1.91. The highest BCUT2D eigenvalue weighted by atomic mass is 32.2. The summed E-state index contributed by atoms with van der Waals surface area (Å²) < 4.78 is 17.4. The number of carbonyl (C=O) groups excluding carboxylic acids is 2. The number of benzene rings is 3. The van der Waals surface area contributed by atoms with Crippen LogP contribution in [0.5, 0.6) is 5.75 Å². The van der Waals surface area contributed by atoms with Crippen LogP contribution in [0.1, 0.15) is 19.4 Å². The fourth-order valence-electron chi connectivity index (χ4n) is 3.27. The molecule has 0 aliphatic carbocycles. The van der Waals surface area contributed by atoms with Gasteiger partial charge in [0.15, 0.2) is 0 Å². The van der Waals surface area contributed by atoms with Gasteiger partial charge in [0.2, 0.25) is 0 Å². The van der Waals surface area contributed by atoms with Crippen molar-refractivity contribution in [2.75, 3.05) is 31.2 Å². The normalized spacial score (nSPS) is 10.9. The van der Waals surface area contributed by atoms with E-state index in [-0.39, 0.29) is 18.5 Å². The van der Waals surface area contributed by atoms with Crippen LogP contribution < -0.4 is 9.04 Å². The van der Waals surface area contributed by atoms with Crippen LogP contribution in [0.25, 0.3) is 16.8 Å². The van der Waals surface area contributed by atoms with Crippen LogP contribution in [0.15, 0.2) is 71.6 Å². The Hall–Kier alpha value is -3.45. The molecule has 33 heavy (non-hydrogen) atoms. The van der Waals surface area contributed by atoms with Gasteiger partial charge in [-0.15, -0.1) is 0 Å². The molecule has 172 valence electrons. The number of methoxy groups -OCH3 is 1. The number of hydrogen-bond donors (Lipinski definition) is 0. The van der Waals surface area contributed by atoms with Crippen LogP contribution in [-0.4, -0.2) is 38.8 Å². The molecule has 0 heterocycles. The van der Waals surface area contributed by atoms with Gasteiger partial charge in [0.05, 0.1) is 26.0 Å². The van der Waals surface area contributed by atoms with Crippen molar-refractivity contribution in [1.82, 2.24) is 0 Å². The van der Waals surface area contributed by atoms with Crippen molar-refractivity contribution in [1.29, 1.82) is 0 Å². The van der Waals surface area contributed by atoms with Crippen LogP contribution in [0, 0.1) is 0 Å². The first-order valence-corrected chi connectivity index (χ1v) is 11.4. The predicted octanol–water partition coefficient (Wildman–Crippen LogP) is 5.50. The van der Waals surface area contributed by atoms with Crippen LogP contribution in [0.3, 0.4) is 0 Å². The van der Waals surface area contributed by atoms with Gasteiger partial charge in [0.1, 0.15) is 12.3 Å². The molecule has 0 aromatic heterocycles. The van der Waals surface area contributed by atoms with Gasteiger partial charge in [0.25, 0.3) is 0 Å². The van der Waals surface area contributed by atoms with E-state index < -0.39 is 0 Å². The second kappa shape index (κ2) is 12.0. The van der Waals surface area contributed by atoms with Crippen molar-refractivity contribution in [3.05, 3.63) is 72.3 Å². The van der Waals surface area contributed by atoms with Crippen molar-refractivity contribution in [3.8, 4) is 5.75 Å². The van der Waals surface area contributed by atoms with E-state index in [1.54, 1.807) is 27.0 Å². The lowest BCUT2D eigenvalue weighted by atomic mass is 10.0. The molecule has 0 saturated carbocycles. The van der Waals surface area contributed by atoms with Crippen molar-refractivity contribution < 1.29 is 23.8 Å². The van der Waals surface area contributed by atoms with Gasteiger partial charge in [-0.2, -0.15) is 0 Å². The highest BCUT2D eigenvalue weighted by Gasteiger charge is 2.18. The standard InChI is InChI=1S/C26H27NO5S/c1-4-31-25(28)17-11-19-10-16-24(23-9-7-6-8-22(19)23)27(18-26(29)32-5-2)33-21-14-12-20(30-3)13-15-21/h6-17H,4-5,18H2,1-3H3/b17-11+. The SMILES string of the molecule is CCOC(=O)/C=C/c1ccc(N(CC(=O)OCC)Sc2ccc(OC)cc2)c2ccccc12. The van der Waals surface area contributed by atoms with Crippen molar-refractivity contribution in [2.24, 2.45) is 0 Å². The average molecular weight is 466 g/mol. The third kappa shape index (κ3) is 6.52. The zero-order valence-corrected chi connectivity index (χ0v) is 19.8.